The highest BCUT2D eigenvalue weighted by atomic mass is 35.5. The Hall–Kier alpha value is -2.34. The Morgan fingerprint density at radius 2 is 2.16 bits per heavy atom. The molecular weight excluding hydrogens is 264 g/mol. The number of aromatic amines is 1. The zero-order valence-electron chi connectivity index (χ0n) is 10.1. The van der Waals surface area contributed by atoms with E-state index in [1.54, 1.807) is 6.33 Å². The zero-order chi connectivity index (χ0) is 13.4. The summed E-state index contributed by atoms with van der Waals surface area (Å²) < 4.78 is 0. The lowest BCUT2D eigenvalue weighted by atomic mass is 10.2. The predicted molar refractivity (Wildman–Crippen MR) is 75.6 cm³/mol. The van der Waals surface area contributed by atoms with Crippen molar-refractivity contribution in [2.24, 2.45) is 0 Å². The molecule has 0 unspecified atom stereocenters. The first-order valence-corrected chi connectivity index (χ1v) is 6.01. The minimum Gasteiger partial charge on any atom is -0.368 e. The van der Waals surface area contributed by atoms with Crippen LogP contribution >= 0.6 is 11.6 Å². The zero-order valence-corrected chi connectivity index (χ0v) is 10.9. The molecule has 6 nitrogen and oxygen atoms in total. The fourth-order valence-electron chi connectivity index (χ4n) is 1.84. The van der Waals surface area contributed by atoms with Gasteiger partial charge in [0.25, 0.3) is 0 Å². The van der Waals surface area contributed by atoms with Crippen LogP contribution in [0.1, 0.15) is 5.56 Å². The molecule has 2 heterocycles. The smallest absolute Gasteiger partial charge is 0.224 e. The van der Waals surface area contributed by atoms with Crippen molar-refractivity contribution in [3.63, 3.8) is 0 Å². The van der Waals surface area contributed by atoms with Crippen LogP contribution in [0.3, 0.4) is 0 Å². The molecule has 0 radical (unpaired) electrons. The molecule has 2 aromatic heterocycles. The van der Waals surface area contributed by atoms with Crippen LogP contribution in [0, 0.1) is 6.92 Å². The topological polar surface area (TPSA) is 92.5 Å². The van der Waals surface area contributed by atoms with Crippen LogP contribution in [-0.4, -0.2) is 19.9 Å². The summed E-state index contributed by atoms with van der Waals surface area (Å²) in [5.41, 5.74) is 8.82. The summed E-state index contributed by atoms with van der Waals surface area (Å²) >= 11 is 5.93. The number of imidazole rings is 1. The van der Waals surface area contributed by atoms with E-state index in [-0.39, 0.29) is 5.95 Å². The van der Waals surface area contributed by atoms with Gasteiger partial charge in [0.2, 0.25) is 5.95 Å². The van der Waals surface area contributed by atoms with Gasteiger partial charge in [0.1, 0.15) is 5.52 Å². The Labute approximate surface area is 114 Å². The van der Waals surface area contributed by atoms with Gasteiger partial charge in [-0.1, -0.05) is 11.6 Å². The number of hydrogen-bond donors (Lipinski definition) is 3. The lowest BCUT2D eigenvalue weighted by Gasteiger charge is -2.09. The van der Waals surface area contributed by atoms with Crippen molar-refractivity contribution >= 4 is 40.2 Å². The van der Waals surface area contributed by atoms with Gasteiger partial charge in [-0.3, -0.25) is 0 Å². The van der Waals surface area contributed by atoms with Crippen LogP contribution in [0.4, 0.5) is 17.5 Å². The molecule has 0 bridgehead atoms. The summed E-state index contributed by atoms with van der Waals surface area (Å²) in [6, 6.07) is 5.57. The number of nitrogens with two attached hydrogens (primary N) is 1. The number of anilines is 3. The number of rotatable bonds is 2. The maximum absolute atomic E-state index is 5.93. The molecule has 0 spiro atoms. The molecule has 7 heteroatoms. The molecule has 0 aliphatic rings. The fraction of sp³-hybridized carbons (Fsp3) is 0.0833. The average molecular weight is 275 g/mol. The maximum atomic E-state index is 5.93. The molecule has 4 N–H and O–H groups in total. The van der Waals surface area contributed by atoms with Crippen molar-refractivity contribution < 1.29 is 0 Å². The molecule has 0 aliphatic carbocycles. The lowest BCUT2D eigenvalue weighted by Crippen LogP contribution is -2.02. The van der Waals surface area contributed by atoms with Crippen molar-refractivity contribution in [2.45, 2.75) is 6.92 Å². The standard InChI is InChI=1S/C12H11ClN6/c1-6-4-7(13)2-3-8(6)17-11-9-10(16-5-15-9)18-12(14)19-11/h2-5H,1H3,(H4,14,15,16,17,18,19). The van der Waals surface area contributed by atoms with E-state index < -0.39 is 0 Å². The van der Waals surface area contributed by atoms with Gasteiger partial charge in [-0.2, -0.15) is 9.97 Å². The Morgan fingerprint density at radius 1 is 1.32 bits per heavy atom. The van der Waals surface area contributed by atoms with Crippen molar-refractivity contribution in [2.75, 3.05) is 11.1 Å². The van der Waals surface area contributed by atoms with Crippen LogP contribution in [0.15, 0.2) is 24.5 Å². The summed E-state index contributed by atoms with van der Waals surface area (Å²) in [7, 11) is 0. The van der Waals surface area contributed by atoms with Gasteiger partial charge < -0.3 is 16.0 Å². The largest absolute Gasteiger partial charge is 0.368 e. The number of nitrogens with one attached hydrogen (secondary N) is 2. The molecule has 0 saturated carbocycles. The molecule has 0 atom stereocenters. The van der Waals surface area contributed by atoms with E-state index in [9.17, 15) is 0 Å². The molecular formula is C12H11ClN6. The second-order valence-corrected chi connectivity index (χ2v) is 4.55. The van der Waals surface area contributed by atoms with E-state index in [4.69, 9.17) is 17.3 Å². The summed E-state index contributed by atoms with van der Waals surface area (Å²) in [5.74, 6) is 0.763. The first-order chi connectivity index (χ1) is 9.13. The normalized spacial score (nSPS) is 10.8. The van der Waals surface area contributed by atoms with E-state index >= 15 is 0 Å². The maximum Gasteiger partial charge on any atom is 0.224 e. The van der Waals surface area contributed by atoms with Gasteiger partial charge in [0.15, 0.2) is 11.5 Å². The van der Waals surface area contributed by atoms with Crippen LogP contribution in [0.5, 0.6) is 0 Å². The molecule has 0 saturated heterocycles. The Bertz CT molecular complexity index is 751. The number of fused-ring (bicyclic) bond motifs is 1. The minimum atomic E-state index is 0.175. The van der Waals surface area contributed by atoms with Crippen LogP contribution in [0.2, 0.25) is 5.02 Å². The molecule has 3 aromatic rings. The average Bonchev–Trinajstić information content (AvgIpc) is 2.80. The van der Waals surface area contributed by atoms with Gasteiger partial charge in [-0.25, -0.2) is 4.98 Å². The van der Waals surface area contributed by atoms with Crippen molar-refractivity contribution in [3.8, 4) is 0 Å². The number of aromatic nitrogens is 4. The second-order valence-electron chi connectivity index (χ2n) is 4.12. The van der Waals surface area contributed by atoms with Crippen molar-refractivity contribution in [3.05, 3.63) is 35.1 Å². The highest BCUT2D eigenvalue weighted by molar-refractivity contribution is 6.30. The summed E-state index contributed by atoms with van der Waals surface area (Å²) in [5, 5.41) is 3.90. The molecule has 0 amide bonds. The summed E-state index contributed by atoms with van der Waals surface area (Å²) in [6.07, 6.45) is 1.55. The van der Waals surface area contributed by atoms with Gasteiger partial charge in [-0.05, 0) is 30.7 Å². The van der Waals surface area contributed by atoms with E-state index in [2.05, 4.69) is 25.3 Å². The molecule has 0 aliphatic heterocycles. The molecule has 3 rings (SSSR count). The number of benzene rings is 1. The summed E-state index contributed by atoms with van der Waals surface area (Å²) in [6.45, 7) is 1.96. The predicted octanol–water partition coefficient (Wildman–Crippen LogP) is 2.64. The Morgan fingerprint density at radius 3 is 2.95 bits per heavy atom. The number of halogens is 1. The number of nitrogen functional groups attached to an aromatic ring is 1. The first kappa shape index (κ1) is 11.7. The van der Waals surface area contributed by atoms with Crippen molar-refractivity contribution in [1.82, 2.24) is 19.9 Å². The van der Waals surface area contributed by atoms with Crippen LogP contribution in [0.25, 0.3) is 11.2 Å². The highest BCUT2D eigenvalue weighted by Gasteiger charge is 2.09. The van der Waals surface area contributed by atoms with E-state index in [0.717, 1.165) is 11.3 Å². The molecule has 19 heavy (non-hydrogen) atoms. The molecule has 0 fully saturated rings. The summed E-state index contributed by atoms with van der Waals surface area (Å²) in [4.78, 5) is 15.3. The Kier molecular flexibility index (Phi) is 2.72. The third kappa shape index (κ3) is 2.17. The quantitative estimate of drug-likeness (QED) is 0.668. The number of aryl methyl sites for hydroxylation is 1. The van der Waals surface area contributed by atoms with Gasteiger partial charge in [0.05, 0.1) is 6.33 Å². The number of nitrogens with zero attached hydrogens (tertiary/aromatic N) is 3. The SMILES string of the molecule is Cc1cc(Cl)ccc1Nc1nc(N)nc2nc[nH]c12. The first-order valence-electron chi connectivity index (χ1n) is 5.63. The van der Waals surface area contributed by atoms with Gasteiger partial charge in [-0.15, -0.1) is 0 Å². The molecule has 96 valence electrons. The van der Waals surface area contributed by atoms with E-state index in [1.165, 1.54) is 0 Å². The van der Waals surface area contributed by atoms with E-state index in [0.29, 0.717) is 22.0 Å². The van der Waals surface area contributed by atoms with Gasteiger partial charge >= 0.3 is 0 Å². The number of H-pyrrole nitrogens is 1. The third-order valence-electron chi connectivity index (χ3n) is 2.74. The molecule has 1 aromatic carbocycles. The van der Waals surface area contributed by atoms with Crippen molar-refractivity contribution in [1.29, 1.82) is 0 Å². The second kappa shape index (κ2) is 4.40. The third-order valence-corrected chi connectivity index (χ3v) is 2.98. The van der Waals surface area contributed by atoms with Crippen LogP contribution in [-0.2, 0) is 0 Å². The highest BCUT2D eigenvalue weighted by Crippen LogP contribution is 2.25. The number of hydrogen-bond acceptors (Lipinski definition) is 5. The van der Waals surface area contributed by atoms with E-state index in [1.807, 2.05) is 25.1 Å². The fourth-order valence-corrected chi connectivity index (χ4v) is 2.06. The monoisotopic (exact) mass is 274 g/mol. The Balaban J connectivity index is 2.07. The van der Waals surface area contributed by atoms with Gasteiger partial charge in [0, 0.05) is 10.7 Å². The van der Waals surface area contributed by atoms with Crippen LogP contribution < -0.4 is 11.1 Å². The minimum absolute atomic E-state index is 0.175. The lowest BCUT2D eigenvalue weighted by molar-refractivity contribution is 1.21.